The van der Waals surface area contributed by atoms with Crippen LogP contribution in [0.5, 0.6) is 0 Å². The van der Waals surface area contributed by atoms with Gasteiger partial charge in [-0.25, -0.2) is 14.1 Å². The molecule has 3 N–H and O–H groups in total. The highest BCUT2D eigenvalue weighted by atomic mass is 32.2. The van der Waals surface area contributed by atoms with Gasteiger partial charge in [-0.15, -0.1) is 0 Å². The topological polar surface area (TPSA) is 84.0 Å². The Labute approximate surface area is 96.0 Å². The second-order valence-electron chi connectivity index (χ2n) is 3.89. The van der Waals surface area contributed by atoms with E-state index in [1.54, 1.807) is 0 Å². The van der Waals surface area contributed by atoms with Gasteiger partial charge in [0.2, 0.25) is 0 Å². The number of hydrogen-bond donors (Lipinski definition) is 2. The highest BCUT2D eigenvalue weighted by molar-refractivity contribution is 7.90. The van der Waals surface area contributed by atoms with Gasteiger partial charge in [-0.05, 0) is 18.9 Å². The number of nitrogens with one attached hydrogen (secondary N) is 1. The summed E-state index contributed by atoms with van der Waals surface area (Å²) in [5.41, 5.74) is 0.992. The molecule has 1 aromatic rings. The van der Waals surface area contributed by atoms with Crippen LogP contribution in [0.2, 0.25) is 0 Å². The molecule has 5 heteroatoms. The van der Waals surface area contributed by atoms with Gasteiger partial charge in [0.05, 0.1) is 5.75 Å². The summed E-state index contributed by atoms with van der Waals surface area (Å²) < 4.78 is 18.4. The van der Waals surface area contributed by atoms with Gasteiger partial charge < -0.3 is 0 Å². The average molecular weight is 240 g/mol. The van der Waals surface area contributed by atoms with Crippen molar-refractivity contribution in [1.82, 2.24) is 0 Å². The van der Waals surface area contributed by atoms with E-state index in [-0.39, 0.29) is 11.5 Å². The van der Waals surface area contributed by atoms with Gasteiger partial charge in [0.15, 0.2) is 0 Å². The van der Waals surface area contributed by atoms with Gasteiger partial charge in [-0.3, -0.25) is 4.79 Å². The molecule has 0 saturated heterocycles. The first-order valence-corrected chi connectivity index (χ1v) is 6.76. The zero-order valence-electron chi connectivity index (χ0n) is 9.18. The van der Waals surface area contributed by atoms with Gasteiger partial charge in [-0.2, -0.15) is 0 Å². The van der Waals surface area contributed by atoms with E-state index >= 15 is 0 Å². The van der Waals surface area contributed by atoms with Crippen molar-refractivity contribution in [3.8, 4) is 0 Å². The molecule has 0 fully saturated rings. The van der Waals surface area contributed by atoms with Crippen molar-refractivity contribution in [2.45, 2.75) is 13.3 Å². The minimum Gasteiger partial charge on any atom is -0.300 e. The van der Waals surface area contributed by atoms with E-state index in [0.29, 0.717) is 6.42 Å². The lowest BCUT2D eigenvalue weighted by atomic mass is 9.98. The second kappa shape index (κ2) is 5.23. The SMILES string of the molecule is CC(=O)C(Cc1ccccc1)CS(=N)(N)=O. The van der Waals surface area contributed by atoms with Crippen LogP contribution in [0.25, 0.3) is 0 Å². The number of carbonyl (C=O) groups is 1. The fourth-order valence-electron chi connectivity index (χ4n) is 1.52. The Morgan fingerprint density at radius 1 is 1.44 bits per heavy atom. The Kier molecular flexibility index (Phi) is 4.20. The molecular weight excluding hydrogens is 224 g/mol. The molecule has 0 heterocycles. The largest absolute Gasteiger partial charge is 0.300 e. The molecule has 88 valence electrons. The third kappa shape index (κ3) is 4.55. The van der Waals surface area contributed by atoms with E-state index in [1.807, 2.05) is 30.3 Å². The summed E-state index contributed by atoms with van der Waals surface area (Å²) >= 11 is 0. The lowest BCUT2D eigenvalue weighted by Crippen LogP contribution is -2.27. The van der Waals surface area contributed by atoms with E-state index in [9.17, 15) is 9.00 Å². The Bertz CT molecular complexity index is 454. The molecule has 1 aromatic carbocycles. The van der Waals surface area contributed by atoms with Crippen molar-refractivity contribution in [3.63, 3.8) is 0 Å². The highest BCUT2D eigenvalue weighted by Gasteiger charge is 2.18. The van der Waals surface area contributed by atoms with Crippen LogP contribution >= 0.6 is 0 Å². The summed E-state index contributed by atoms with van der Waals surface area (Å²) in [4.78, 5) is 11.4. The van der Waals surface area contributed by atoms with Crippen LogP contribution in [0.15, 0.2) is 30.3 Å². The first-order valence-electron chi connectivity index (χ1n) is 4.97. The molecule has 0 aliphatic rings. The van der Waals surface area contributed by atoms with Crippen molar-refractivity contribution in [1.29, 1.82) is 4.78 Å². The van der Waals surface area contributed by atoms with E-state index in [4.69, 9.17) is 9.92 Å². The Balaban J connectivity index is 2.77. The van der Waals surface area contributed by atoms with Gasteiger partial charge in [0, 0.05) is 5.92 Å². The van der Waals surface area contributed by atoms with Gasteiger partial charge >= 0.3 is 0 Å². The predicted molar refractivity (Wildman–Crippen MR) is 64.2 cm³/mol. The summed E-state index contributed by atoms with van der Waals surface area (Å²) in [7, 11) is -3.11. The Morgan fingerprint density at radius 2 is 2.00 bits per heavy atom. The lowest BCUT2D eigenvalue weighted by Gasteiger charge is -2.13. The van der Waals surface area contributed by atoms with Crippen molar-refractivity contribution in [2.75, 3.05) is 5.75 Å². The summed E-state index contributed by atoms with van der Waals surface area (Å²) in [6, 6.07) is 9.46. The summed E-state index contributed by atoms with van der Waals surface area (Å²) in [5, 5.41) is 5.17. The van der Waals surface area contributed by atoms with Crippen LogP contribution < -0.4 is 5.14 Å². The first-order chi connectivity index (χ1) is 7.38. The fraction of sp³-hybridized carbons (Fsp3) is 0.364. The number of rotatable bonds is 5. The molecule has 16 heavy (non-hydrogen) atoms. The molecule has 2 atom stereocenters. The maximum absolute atomic E-state index is 11.4. The van der Waals surface area contributed by atoms with Crippen molar-refractivity contribution >= 4 is 15.7 Å². The minimum atomic E-state index is -3.11. The fourth-order valence-corrected chi connectivity index (χ4v) is 2.47. The molecule has 0 aromatic heterocycles. The summed E-state index contributed by atoms with van der Waals surface area (Å²) in [6.45, 7) is 1.44. The standard InChI is InChI=1S/C11H16N2O2S/c1-9(14)11(8-16(12,13)15)7-10-5-3-2-4-6-10/h2-6,11H,7-8H2,1H3,(H3,12,13,15). The van der Waals surface area contributed by atoms with Crippen LogP contribution in [0.4, 0.5) is 0 Å². The van der Waals surface area contributed by atoms with Crippen LogP contribution in [0.1, 0.15) is 12.5 Å². The molecular formula is C11H16N2O2S. The van der Waals surface area contributed by atoms with Crippen LogP contribution in [0.3, 0.4) is 0 Å². The Morgan fingerprint density at radius 3 is 2.44 bits per heavy atom. The van der Waals surface area contributed by atoms with Crippen molar-refractivity contribution in [2.24, 2.45) is 11.1 Å². The van der Waals surface area contributed by atoms with Gasteiger partial charge in [-0.1, -0.05) is 30.3 Å². The van der Waals surface area contributed by atoms with E-state index in [0.717, 1.165) is 5.56 Å². The molecule has 4 nitrogen and oxygen atoms in total. The maximum Gasteiger partial charge on any atom is 0.134 e. The zero-order valence-corrected chi connectivity index (χ0v) is 10.00. The van der Waals surface area contributed by atoms with Crippen molar-refractivity contribution < 1.29 is 9.00 Å². The molecule has 0 bridgehead atoms. The monoisotopic (exact) mass is 240 g/mol. The normalized spacial score (nSPS) is 16.4. The zero-order chi connectivity index (χ0) is 12.2. The third-order valence-corrected chi connectivity index (χ3v) is 3.25. The predicted octanol–water partition coefficient (Wildman–Crippen LogP) is 1.35. The van der Waals surface area contributed by atoms with Crippen LogP contribution in [0, 0.1) is 10.7 Å². The molecule has 0 aliphatic carbocycles. The molecule has 0 amide bonds. The van der Waals surface area contributed by atoms with Gasteiger partial charge in [0.1, 0.15) is 15.7 Å². The van der Waals surface area contributed by atoms with Crippen LogP contribution in [-0.2, 0) is 21.1 Å². The highest BCUT2D eigenvalue weighted by Crippen LogP contribution is 2.11. The number of nitrogens with two attached hydrogens (primary N) is 1. The van der Waals surface area contributed by atoms with Crippen molar-refractivity contribution in [3.05, 3.63) is 35.9 Å². The molecule has 0 radical (unpaired) electrons. The molecule has 2 unspecified atom stereocenters. The summed E-state index contributed by atoms with van der Waals surface area (Å²) in [6.07, 6.45) is 0.489. The van der Waals surface area contributed by atoms with E-state index in [1.165, 1.54) is 6.92 Å². The minimum absolute atomic E-state index is 0.0722. The molecule has 0 spiro atoms. The van der Waals surface area contributed by atoms with Crippen LogP contribution in [-0.4, -0.2) is 15.7 Å². The molecule has 0 saturated carbocycles. The number of benzene rings is 1. The second-order valence-corrected chi connectivity index (χ2v) is 5.68. The number of hydrogen-bond acceptors (Lipinski definition) is 3. The lowest BCUT2D eigenvalue weighted by molar-refractivity contribution is -0.120. The van der Waals surface area contributed by atoms with E-state index in [2.05, 4.69) is 0 Å². The quantitative estimate of drug-likeness (QED) is 0.814. The van der Waals surface area contributed by atoms with Gasteiger partial charge in [0.25, 0.3) is 0 Å². The average Bonchev–Trinajstić information content (AvgIpc) is 2.16. The maximum atomic E-state index is 11.4. The summed E-state index contributed by atoms with van der Waals surface area (Å²) in [5.74, 6) is -0.580. The molecule has 0 aliphatic heterocycles. The smallest absolute Gasteiger partial charge is 0.134 e. The first kappa shape index (κ1) is 12.9. The number of carbonyl (C=O) groups excluding carboxylic acids is 1. The Hall–Kier alpha value is -1.20. The number of Topliss-reactive ketones (excluding diaryl/α,β-unsaturated/α-hetero) is 1. The number of ketones is 1. The van der Waals surface area contributed by atoms with E-state index < -0.39 is 15.8 Å². The third-order valence-electron chi connectivity index (χ3n) is 2.35. The molecule has 1 rings (SSSR count).